The van der Waals surface area contributed by atoms with Gasteiger partial charge >= 0.3 is 0 Å². The van der Waals surface area contributed by atoms with Crippen LogP contribution < -0.4 is 10.1 Å². The number of hydrogen-bond acceptors (Lipinski definition) is 3. The number of halogens is 3. The molecule has 0 spiro atoms. The van der Waals surface area contributed by atoms with Gasteiger partial charge in [-0.2, -0.15) is 0 Å². The molecule has 0 aliphatic rings. The highest BCUT2D eigenvalue weighted by atomic mass is 19.1. The van der Waals surface area contributed by atoms with E-state index >= 15 is 0 Å². The zero-order valence-electron chi connectivity index (χ0n) is 11.9. The van der Waals surface area contributed by atoms with E-state index in [1.165, 1.54) is 24.3 Å². The third kappa shape index (κ3) is 5.00. The van der Waals surface area contributed by atoms with Gasteiger partial charge in [-0.3, -0.25) is 4.79 Å². The first kappa shape index (κ1) is 16.8. The van der Waals surface area contributed by atoms with Gasteiger partial charge in [-0.1, -0.05) is 0 Å². The third-order valence-electron chi connectivity index (χ3n) is 2.93. The van der Waals surface area contributed by atoms with E-state index in [-0.39, 0.29) is 13.2 Å². The van der Waals surface area contributed by atoms with Crippen molar-refractivity contribution in [2.45, 2.75) is 6.10 Å². The zero-order chi connectivity index (χ0) is 16.8. The van der Waals surface area contributed by atoms with Gasteiger partial charge in [-0.15, -0.1) is 0 Å². The van der Waals surface area contributed by atoms with Crippen molar-refractivity contribution in [1.82, 2.24) is 5.32 Å². The minimum atomic E-state index is -1.07. The van der Waals surface area contributed by atoms with E-state index in [2.05, 4.69) is 5.32 Å². The van der Waals surface area contributed by atoms with Crippen LogP contribution >= 0.6 is 0 Å². The number of ether oxygens (including phenoxy) is 1. The van der Waals surface area contributed by atoms with E-state index in [4.69, 9.17) is 4.74 Å². The molecule has 0 aromatic heterocycles. The van der Waals surface area contributed by atoms with Crippen LogP contribution in [0.1, 0.15) is 10.4 Å². The summed E-state index contributed by atoms with van der Waals surface area (Å²) in [7, 11) is 0. The molecular weight excluding hydrogens is 311 g/mol. The van der Waals surface area contributed by atoms with Gasteiger partial charge in [0.15, 0.2) is 0 Å². The van der Waals surface area contributed by atoms with Gasteiger partial charge in [-0.25, -0.2) is 13.2 Å². The van der Waals surface area contributed by atoms with Crippen molar-refractivity contribution < 1.29 is 27.8 Å². The Bertz CT molecular complexity index is 677. The number of carbonyl (C=O) groups is 1. The molecule has 7 heteroatoms. The molecule has 1 amide bonds. The van der Waals surface area contributed by atoms with Crippen LogP contribution in [0.3, 0.4) is 0 Å². The maximum atomic E-state index is 13.4. The Balaban J connectivity index is 1.81. The number of carbonyl (C=O) groups excluding carboxylic acids is 1. The van der Waals surface area contributed by atoms with E-state index in [0.29, 0.717) is 5.75 Å². The number of benzene rings is 2. The zero-order valence-corrected chi connectivity index (χ0v) is 11.9. The fraction of sp³-hybridized carbons (Fsp3) is 0.188. The van der Waals surface area contributed by atoms with Crippen molar-refractivity contribution >= 4 is 5.91 Å². The Morgan fingerprint density at radius 3 is 2.43 bits per heavy atom. The smallest absolute Gasteiger partial charge is 0.254 e. The third-order valence-corrected chi connectivity index (χ3v) is 2.93. The molecule has 0 saturated carbocycles. The van der Waals surface area contributed by atoms with Crippen molar-refractivity contribution in [3.8, 4) is 5.75 Å². The van der Waals surface area contributed by atoms with Crippen molar-refractivity contribution in [1.29, 1.82) is 0 Å². The van der Waals surface area contributed by atoms with Gasteiger partial charge in [0.1, 0.15) is 35.9 Å². The van der Waals surface area contributed by atoms with Gasteiger partial charge < -0.3 is 15.2 Å². The van der Waals surface area contributed by atoms with Gasteiger partial charge in [0.05, 0.1) is 5.56 Å². The molecule has 122 valence electrons. The first-order chi connectivity index (χ1) is 11.0. The monoisotopic (exact) mass is 325 g/mol. The highest BCUT2D eigenvalue weighted by Gasteiger charge is 2.14. The van der Waals surface area contributed by atoms with Gasteiger partial charge in [-0.05, 0) is 42.5 Å². The molecular formula is C16H14F3NO3. The van der Waals surface area contributed by atoms with Gasteiger partial charge in [0.2, 0.25) is 0 Å². The van der Waals surface area contributed by atoms with Crippen molar-refractivity contribution in [2.24, 2.45) is 0 Å². The molecule has 0 radical (unpaired) electrons. The standard InChI is InChI=1S/C16H14F3NO3/c17-10-1-4-13(5-2-10)23-9-12(21)8-20-16(22)14-7-11(18)3-6-15(14)19/h1-7,12,21H,8-9H2,(H,20,22). The summed E-state index contributed by atoms with van der Waals surface area (Å²) in [6.07, 6.45) is -1.07. The normalized spacial score (nSPS) is 11.8. The Kier molecular flexibility index (Phi) is 5.59. The SMILES string of the molecule is O=C(NCC(O)COc1ccc(F)cc1)c1cc(F)ccc1F. The van der Waals surface area contributed by atoms with Crippen LogP contribution in [0.2, 0.25) is 0 Å². The largest absolute Gasteiger partial charge is 0.491 e. The lowest BCUT2D eigenvalue weighted by Crippen LogP contribution is -2.35. The minimum Gasteiger partial charge on any atom is -0.491 e. The summed E-state index contributed by atoms with van der Waals surface area (Å²) >= 11 is 0. The summed E-state index contributed by atoms with van der Waals surface area (Å²) in [5.74, 6) is -2.50. The van der Waals surface area contributed by atoms with Crippen molar-refractivity contribution in [3.63, 3.8) is 0 Å². The molecule has 1 unspecified atom stereocenters. The second-order valence-electron chi connectivity index (χ2n) is 4.75. The van der Waals surface area contributed by atoms with Crippen LogP contribution in [0, 0.1) is 17.5 Å². The molecule has 4 nitrogen and oxygen atoms in total. The lowest BCUT2D eigenvalue weighted by atomic mass is 10.2. The maximum Gasteiger partial charge on any atom is 0.254 e. The summed E-state index contributed by atoms with van der Waals surface area (Å²) in [6.45, 7) is -0.368. The Hall–Kier alpha value is -2.54. The van der Waals surface area contributed by atoms with Crippen LogP contribution in [-0.4, -0.2) is 30.3 Å². The lowest BCUT2D eigenvalue weighted by molar-refractivity contribution is 0.0840. The summed E-state index contributed by atoms with van der Waals surface area (Å²) in [5.41, 5.74) is -0.448. The number of hydrogen-bond donors (Lipinski definition) is 2. The number of rotatable bonds is 6. The van der Waals surface area contributed by atoms with E-state index in [0.717, 1.165) is 18.2 Å². The summed E-state index contributed by atoms with van der Waals surface area (Å²) < 4.78 is 44.3. The topological polar surface area (TPSA) is 58.6 Å². The van der Waals surface area contributed by atoms with E-state index in [9.17, 15) is 23.1 Å². The number of aliphatic hydroxyl groups is 1. The van der Waals surface area contributed by atoms with Crippen LogP contribution in [0.4, 0.5) is 13.2 Å². The molecule has 0 heterocycles. The van der Waals surface area contributed by atoms with Gasteiger partial charge in [0.25, 0.3) is 5.91 Å². The maximum absolute atomic E-state index is 13.4. The average molecular weight is 325 g/mol. The highest BCUT2D eigenvalue weighted by Crippen LogP contribution is 2.11. The van der Waals surface area contributed by atoms with Crippen molar-refractivity contribution in [2.75, 3.05) is 13.2 Å². The molecule has 0 aliphatic carbocycles. The van der Waals surface area contributed by atoms with Crippen LogP contribution in [0.15, 0.2) is 42.5 Å². The lowest BCUT2D eigenvalue weighted by Gasteiger charge is -2.13. The molecule has 2 aromatic rings. The number of nitrogens with one attached hydrogen (secondary N) is 1. The summed E-state index contributed by atoms with van der Waals surface area (Å²) in [6, 6.07) is 7.71. The quantitative estimate of drug-likeness (QED) is 0.857. The number of amides is 1. The van der Waals surface area contributed by atoms with Crippen LogP contribution in [0.25, 0.3) is 0 Å². The molecule has 0 saturated heterocycles. The highest BCUT2D eigenvalue weighted by molar-refractivity contribution is 5.94. The summed E-state index contributed by atoms with van der Waals surface area (Å²) in [4.78, 5) is 11.7. The molecule has 23 heavy (non-hydrogen) atoms. The van der Waals surface area contributed by atoms with Gasteiger partial charge in [0, 0.05) is 6.54 Å². The molecule has 0 bridgehead atoms. The van der Waals surface area contributed by atoms with Crippen molar-refractivity contribution in [3.05, 3.63) is 65.5 Å². The second kappa shape index (κ2) is 7.64. The average Bonchev–Trinajstić information content (AvgIpc) is 2.54. The molecule has 2 rings (SSSR count). The fourth-order valence-electron chi connectivity index (χ4n) is 1.76. The molecule has 0 aliphatic heterocycles. The first-order valence-corrected chi connectivity index (χ1v) is 6.75. The Labute approximate surface area is 130 Å². The van der Waals surface area contributed by atoms with Crippen LogP contribution in [0.5, 0.6) is 5.75 Å². The molecule has 1 atom stereocenters. The molecule has 2 N–H and O–H groups in total. The molecule has 0 fully saturated rings. The Morgan fingerprint density at radius 2 is 1.74 bits per heavy atom. The van der Waals surface area contributed by atoms with E-state index in [1.807, 2.05) is 0 Å². The van der Waals surface area contributed by atoms with E-state index in [1.54, 1.807) is 0 Å². The first-order valence-electron chi connectivity index (χ1n) is 6.75. The Morgan fingerprint density at radius 1 is 1.09 bits per heavy atom. The minimum absolute atomic E-state index is 0.155. The van der Waals surface area contributed by atoms with E-state index < -0.39 is 35.0 Å². The second-order valence-corrected chi connectivity index (χ2v) is 4.75. The number of aliphatic hydroxyl groups excluding tert-OH is 1. The fourth-order valence-corrected chi connectivity index (χ4v) is 1.76. The van der Waals surface area contributed by atoms with Crippen LogP contribution in [-0.2, 0) is 0 Å². The summed E-state index contributed by atoms with van der Waals surface area (Å²) in [5, 5.41) is 12.0. The predicted octanol–water partition coefficient (Wildman–Crippen LogP) is 2.27. The molecule has 2 aromatic carbocycles. The predicted molar refractivity (Wildman–Crippen MR) is 76.6 cm³/mol.